The van der Waals surface area contributed by atoms with Crippen LogP contribution in [0.4, 0.5) is 5.69 Å². The van der Waals surface area contributed by atoms with Gasteiger partial charge in [-0.15, -0.1) is 0 Å². The van der Waals surface area contributed by atoms with Crippen molar-refractivity contribution in [3.63, 3.8) is 0 Å². The number of aromatic nitrogens is 1. The van der Waals surface area contributed by atoms with Crippen molar-refractivity contribution in [3.05, 3.63) is 95.0 Å². The minimum absolute atomic E-state index is 0.0920. The Labute approximate surface area is 241 Å². The summed E-state index contributed by atoms with van der Waals surface area (Å²) in [6.07, 6.45) is 3.04. The molecule has 0 radical (unpaired) electrons. The number of rotatable bonds is 6. The number of ether oxygens (including phenoxy) is 1. The van der Waals surface area contributed by atoms with Crippen molar-refractivity contribution in [2.24, 2.45) is 23.7 Å². The molecule has 2 bridgehead atoms. The molecule has 2 heterocycles. The molecule has 0 N–H and O–H groups in total. The number of ketones is 1. The number of imide groups is 1. The Kier molecular flexibility index (Phi) is 6.20. The second-order valence-electron chi connectivity index (χ2n) is 11.0. The molecule has 1 saturated heterocycles. The van der Waals surface area contributed by atoms with Crippen molar-refractivity contribution in [1.29, 1.82) is 0 Å². The maximum absolute atomic E-state index is 13.2. The van der Waals surface area contributed by atoms with E-state index in [0.717, 1.165) is 19.3 Å². The second-order valence-corrected chi connectivity index (χ2v) is 11.4. The first-order valence-corrected chi connectivity index (χ1v) is 14.1. The number of halogens is 1. The van der Waals surface area contributed by atoms with Crippen LogP contribution >= 0.6 is 11.6 Å². The number of fused-ring (bicyclic) bond motifs is 6. The van der Waals surface area contributed by atoms with Crippen LogP contribution in [0.3, 0.4) is 0 Å². The zero-order chi connectivity index (χ0) is 28.2. The van der Waals surface area contributed by atoms with Crippen molar-refractivity contribution < 1.29 is 23.9 Å². The van der Waals surface area contributed by atoms with Crippen LogP contribution in [-0.2, 0) is 14.3 Å². The molecule has 7 nitrogen and oxygen atoms in total. The van der Waals surface area contributed by atoms with Crippen molar-refractivity contribution in [2.45, 2.75) is 19.3 Å². The first-order chi connectivity index (χ1) is 19.9. The zero-order valence-electron chi connectivity index (χ0n) is 22.0. The molecule has 3 aromatic carbocycles. The normalized spacial score (nSPS) is 22.8. The van der Waals surface area contributed by atoms with Crippen LogP contribution in [0.5, 0.6) is 0 Å². The minimum Gasteiger partial charge on any atom is -0.454 e. The first kappa shape index (κ1) is 25.6. The van der Waals surface area contributed by atoms with E-state index in [-0.39, 0.29) is 35.0 Å². The first-order valence-electron chi connectivity index (χ1n) is 13.7. The number of carbonyl (C=O) groups is 4. The fourth-order valence-corrected chi connectivity index (χ4v) is 7.11. The van der Waals surface area contributed by atoms with Crippen LogP contribution in [0.2, 0.25) is 5.02 Å². The maximum atomic E-state index is 13.2. The van der Waals surface area contributed by atoms with Gasteiger partial charge in [0.25, 0.3) is 0 Å². The highest BCUT2D eigenvalue weighted by molar-refractivity contribution is 6.35. The average Bonchev–Trinajstić information content (AvgIpc) is 3.69. The third-order valence-electron chi connectivity index (χ3n) is 8.79. The summed E-state index contributed by atoms with van der Waals surface area (Å²) in [6.45, 7) is -0.404. The van der Waals surface area contributed by atoms with E-state index in [2.05, 4.69) is 0 Å². The van der Waals surface area contributed by atoms with Crippen LogP contribution in [-0.4, -0.2) is 35.2 Å². The molecule has 7 rings (SSSR count). The second kappa shape index (κ2) is 9.93. The molecule has 1 aromatic heterocycles. The van der Waals surface area contributed by atoms with Crippen molar-refractivity contribution in [3.8, 4) is 11.3 Å². The van der Waals surface area contributed by atoms with E-state index in [1.54, 1.807) is 78.9 Å². The number of benzene rings is 3. The Bertz CT molecular complexity index is 1710. The molecular formula is C33H25ClN2O5. The Morgan fingerprint density at radius 3 is 2.24 bits per heavy atom. The zero-order valence-corrected chi connectivity index (χ0v) is 22.7. The summed E-state index contributed by atoms with van der Waals surface area (Å²) in [7, 11) is 0. The van der Waals surface area contributed by atoms with Crippen LogP contribution in [0.25, 0.3) is 22.2 Å². The lowest BCUT2D eigenvalue weighted by Crippen LogP contribution is -2.32. The molecule has 4 unspecified atom stereocenters. The number of para-hydroxylation sites is 1. The number of amides is 2. The summed E-state index contributed by atoms with van der Waals surface area (Å²) >= 11 is 6.47. The number of carbonyl (C=O) groups excluding carboxylic acids is 4. The lowest BCUT2D eigenvalue weighted by atomic mass is 9.81. The molecule has 2 aliphatic carbocycles. The van der Waals surface area contributed by atoms with E-state index in [4.69, 9.17) is 21.3 Å². The van der Waals surface area contributed by atoms with Gasteiger partial charge in [0.15, 0.2) is 12.4 Å². The lowest BCUT2D eigenvalue weighted by Gasteiger charge is -2.19. The molecule has 1 aliphatic heterocycles. The number of anilines is 1. The van der Waals surface area contributed by atoms with E-state index in [0.29, 0.717) is 50.3 Å². The number of nitrogens with zero attached hydrogens (tertiary/aromatic N) is 2. The van der Waals surface area contributed by atoms with Crippen LogP contribution in [0, 0.1) is 23.7 Å². The molecule has 3 fully saturated rings. The van der Waals surface area contributed by atoms with Gasteiger partial charge in [-0.3, -0.25) is 19.3 Å². The summed E-state index contributed by atoms with van der Waals surface area (Å²) in [4.78, 5) is 58.3. The highest BCUT2D eigenvalue weighted by atomic mass is 35.5. The third kappa shape index (κ3) is 4.23. The number of hydrogen-bond donors (Lipinski definition) is 0. The Morgan fingerprint density at radius 2 is 1.56 bits per heavy atom. The maximum Gasteiger partial charge on any atom is 0.339 e. The smallest absolute Gasteiger partial charge is 0.339 e. The van der Waals surface area contributed by atoms with Crippen LogP contribution in [0.1, 0.15) is 40.0 Å². The van der Waals surface area contributed by atoms with Gasteiger partial charge in [0.05, 0.1) is 39.3 Å². The molecule has 204 valence electrons. The molecular weight excluding hydrogens is 540 g/mol. The standard InChI is InChI=1S/C33H25ClN2O5/c34-25-8-4-7-23-24(33(40)41-17-27(37)19-5-2-1-3-6-19)16-26(35-30(23)25)18-11-13-22(14-12-18)36-31(38)28-20-9-10-21(15-20)29(28)32(36)39/h1-8,11-14,16,20-21,28-29H,9-10,15,17H2. The average molecular weight is 565 g/mol. The van der Waals surface area contributed by atoms with Crippen molar-refractivity contribution in [1.82, 2.24) is 4.98 Å². The summed E-state index contributed by atoms with van der Waals surface area (Å²) in [5, 5.41) is 0.870. The van der Waals surface area contributed by atoms with Crippen LogP contribution in [0.15, 0.2) is 78.9 Å². The molecule has 0 spiro atoms. The summed E-state index contributed by atoms with van der Waals surface area (Å²) < 4.78 is 5.41. The van der Waals surface area contributed by atoms with Gasteiger partial charge in [0.1, 0.15) is 0 Å². The predicted molar refractivity (Wildman–Crippen MR) is 154 cm³/mol. The van der Waals surface area contributed by atoms with Gasteiger partial charge in [-0.1, -0.05) is 66.2 Å². The van der Waals surface area contributed by atoms with Gasteiger partial charge in [-0.05, 0) is 55.4 Å². The van der Waals surface area contributed by atoms with Crippen molar-refractivity contribution in [2.75, 3.05) is 11.5 Å². The monoisotopic (exact) mass is 564 g/mol. The van der Waals surface area contributed by atoms with E-state index < -0.39 is 12.6 Å². The van der Waals surface area contributed by atoms with Crippen LogP contribution < -0.4 is 4.90 Å². The lowest BCUT2D eigenvalue weighted by molar-refractivity contribution is -0.123. The van der Waals surface area contributed by atoms with Gasteiger partial charge in [-0.2, -0.15) is 0 Å². The summed E-state index contributed by atoms with van der Waals surface area (Å²) in [5.41, 5.74) is 2.78. The van der Waals surface area contributed by atoms with Crippen molar-refractivity contribution >= 4 is 51.8 Å². The fraction of sp³-hybridized carbons (Fsp3) is 0.242. The van der Waals surface area contributed by atoms with E-state index >= 15 is 0 Å². The van der Waals surface area contributed by atoms with Gasteiger partial charge in [0, 0.05) is 16.5 Å². The van der Waals surface area contributed by atoms with Gasteiger partial charge >= 0.3 is 5.97 Å². The van der Waals surface area contributed by atoms with E-state index in [9.17, 15) is 19.2 Å². The Hall–Kier alpha value is -4.36. The number of hydrogen-bond acceptors (Lipinski definition) is 6. The SMILES string of the molecule is O=C(COC(=O)c1cc(-c2ccc(N3C(=O)C4C5CCC(C5)C4C3=O)cc2)nc2c(Cl)cccc12)c1ccccc1. The molecule has 2 amide bonds. The minimum atomic E-state index is -0.670. The van der Waals surface area contributed by atoms with Gasteiger partial charge < -0.3 is 4.74 Å². The van der Waals surface area contributed by atoms with E-state index in [1.807, 2.05) is 0 Å². The summed E-state index contributed by atoms with van der Waals surface area (Å²) in [6, 6.07) is 22.4. The van der Waals surface area contributed by atoms with Gasteiger partial charge in [-0.25, -0.2) is 9.78 Å². The predicted octanol–water partition coefficient (Wildman–Crippen LogP) is 6.13. The molecule has 41 heavy (non-hydrogen) atoms. The Morgan fingerprint density at radius 1 is 0.878 bits per heavy atom. The fourth-order valence-electron chi connectivity index (χ4n) is 6.89. The quantitative estimate of drug-likeness (QED) is 0.159. The molecule has 8 heteroatoms. The molecule has 4 aromatic rings. The topological polar surface area (TPSA) is 93.6 Å². The largest absolute Gasteiger partial charge is 0.454 e. The number of Topliss-reactive ketones (excluding diaryl/α,β-unsaturated/α-hetero) is 1. The van der Waals surface area contributed by atoms with Gasteiger partial charge in [0.2, 0.25) is 11.8 Å². The number of pyridine rings is 1. The molecule has 4 atom stereocenters. The number of esters is 1. The third-order valence-corrected chi connectivity index (χ3v) is 9.09. The Balaban J connectivity index is 1.18. The highest BCUT2D eigenvalue weighted by Gasteiger charge is 2.61. The highest BCUT2D eigenvalue weighted by Crippen LogP contribution is 2.56. The summed E-state index contributed by atoms with van der Waals surface area (Å²) in [5.74, 6) is -0.904. The van der Waals surface area contributed by atoms with E-state index in [1.165, 1.54) is 4.90 Å². The molecule has 2 saturated carbocycles. The molecule has 3 aliphatic rings.